The summed E-state index contributed by atoms with van der Waals surface area (Å²) in [5.41, 5.74) is 0. The Morgan fingerprint density at radius 3 is 2.00 bits per heavy atom. The van der Waals surface area contributed by atoms with E-state index in [1.165, 1.54) is 0 Å². The van der Waals surface area contributed by atoms with Crippen LogP contribution in [0.2, 0.25) is 0 Å². The quantitative estimate of drug-likeness (QED) is 0.416. The molecule has 22 heavy (non-hydrogen) atoms. The fourth-order valence-electron chi connectivity index (χ4n) is 1.43. The molecule has 0 atom stereocenters. The van der Waals surface area contributed by atoms with Crippen molar-refractivity contribution in [3.05, 3.63) is 0 Å². The van der Waals surface area contributed by atoms with Gasteiger partial charge in [0, 0.05) is 6.54 Å². The molecule has 0 bridgehead atoms. The summed E-state index contributed by atoms with van der Waals surface area (Å²) in [6.45, 7) is 0.189. The van der Waals surface area contributed by atoms with Crippen LogP contribution in [-0.4, -0.2) is 62.4 Å². The maximum atomic E-state index is 13.1. The molecule has 0 aliphatic carbocycles. The highest BCUT2D eigenvalue weighted by Crippen LogP contribution is 2.48. The van der Waals surface area contributed by atoms with Gasteiger partial charge >= 0.3 is 24.2 Å². The van der Waals surface area contributed by atoms with Crippen molar-refractivity contribution in [3.63, 3.8) is 0 Å². The van der Waals surface area contributed by atoms with Crippen LogP contribution >= 0.6 is 0 Å². The average Bonchev–Trinajstić information content (AvgIpc) is 2.40. The lowest BCUT2D eigenvalue weighted by Crippen LogP contribution is -2.59. The minimum Gasteiger partial charge on any atom is -0.374 e. The first-order valence-corrected chi connectivity index (χ1v) is 6.58. The first-order valence-electron chi connectivity index (χ1n) is 6.58. The van der Waals surface area contributed by atoms with E-state index in [0.717, 1.165) is 12.8 Å². The maximum Gasteiger partial charge on any atom is 0.380 e. The SMILES string of the molecule is CCCCN(C)CCOCC(F)(F)C(F)(F)C(F)(F)C(F)F. The molecule has 0 saturated heterocycles. The predicted octanol–water partition coefficient (Wildman–Crippen LogP) is 3.91. The van der Waals surface area contributed by atoms with Crippen LogP contribution in [0.5, 0.6) is 0 Å². The van der Waals surface area contributed by atoms with Gasteiger partial charge in [-0.2, -0.15) is 26.3 Å². The van der Waals surface area contributed by atoms with E-state index in [9.17, 15) is 35.1 Å². The highest BCUT2D eigenvalue weighted by atomic mass is 19.4. The Labute approximate surface area is 123 Å². The molecular formula is C12H19F8NO. The van der Waals surface area contributed by atoms with Crippen LogP contribution in [0.15, 0.2) is 0 Å². The van der Waals surface area contributed by atoms with Crippen molar-refractivity contribution in [2.24, 2.45) is 0 Å². The van der Waals surface area contributed by atoms with Gasteiger partial charge in [0.2, 0.25) is 0 Å². The molecule has 0 saturated carbocycles. The van der Waals surface area contributed by atoms with Crippen LogP contribution in [0.1, 0.15) is 19.8 Å². The summed E-state index contributed by atoms with van der Waals surface area (Å²) in [6, 6.07) is 0. The van der Waals surface area contributed by atoms with Crippen molar-refractivity contribution in [1.29, 1.82) is 0 Å². The third-order valence-corrected chi connectivity index (χ3v) is 2.95. The number of alkyl halides is 8. The zero-order valence-electron chi connectivity index (χ0n) is 12.2. The molecule has 0 N–H and O–H groups in total. The minimum atomic E-state index is -6.21. The Bertz CT molecular complexity index is 324. The lowest BCUT2D eigenvalue weighted by molar-refractivity contribution is -0.346. The summed E-state index contributed by atoms with van der Waals surface area (Å²) >= 11 is 0. The van der Waals surface area contributed by atoms with E-state index >= 15 is 0 Å². The van der Waals surface area contributed by atoms with E-state index in [1.54, 1.807) is 11.9 Å². The largest absolute Gasteiger partial charge is 0.380 e. The third-order valence-electron chi connectivity index (χ3n) is 2.95. The fourth-order valence-corrected chi connectivity index (χ4v) is 1.43. The van der Waals surface area contributed by atoms with Crippen molar-refractivity contribution >= 4 is 0 Å². The van der Waals surface area contributed by atoms with Crippen LogP contribution in [0, 0.1) is 0 Å². The number of ether oxygens (including phenoxy) is 1. The molecular weight excluding hydrogens is 326 g/mol. The standard InChI is InChI=1S/C12H19F8NO/c1-3-4-5-21(2)6-7-22-8-10(15,16)12(19,20)11(17,18)9(13)14/h9H,3-8H2,1-2H3. The molecule has 0 amide bonds. The van der Waals surface area contributed by atoms with Crippen LogP contribution in [0.25, 0.3) is 0 Å². The molecule has 0 aromatic rings. The van der Waals surface area contributed by atoms with Gasteiger partial charge in [0.05, 0.1) is 6.61 Å². The van der Waals surface area contributed by atoms with E-state index < -0.39 is 37.4 Å². The lowest BCUT2D eigenvalue weighted by atomic mass is 10.1. The molecule has 0 rings (SSSR count). The predicted molar refractivity (Wildman–Crippen MR) is 64.1 cm³/mol. The van der Waals surface area contributed by atoms with Crippen LogP contribution in [-0.2, 0) is 4.74 Å². The van der Waals surface area contributed by atoms with Gasteiger partial charge in [-0.15, -0.1) is 0 Å². The highest BCUT2D eigenvalue weighted by molar-refractivity contribution is 4.97. The zero-order valence-corrected chi connectivity index (χ0v) is 12.2. The fraction of sp³-hybridized carbons (Fsp3) is 1.00. The van der Waals surface area contributed by atoms with Crippen LogP contribution in [0.4, 0.5) is 35.1 Å². The van der Waals surface area contributed by atoms with Crippen molar-refractivity contribution in [2.75, 3.05) is 33.4 Å². The summed E-state index contributed by atoms with van der Waals surface area (Å²) < 4.78 is 105. The Balaban J connectivity index is 4.46. The third kappa shape index (κ3) is 5.22. The number of hydrogen-bond donors (Lipinski definition) is 0. The minimum absolute atomic E-state index is 0.118. The van der Waals surface area contributed by atoms with Gasteiger partial charge in [0.25, 0.3) is 0 Å². The zero-order chi connectivity index (χ0) is 17.6. The first kappa shape index (κ1) is 21.4. The Morgan fingerprint density at radius 2 is 1.55 bits per heavy atom. The summed E-state index contributed by atoms with van der Waals surface area (Å²) in [6.07, 6.45) is -3.20. The normalized spacial score (nSPS) is 14.2. The van der Waals surface area contributed by atoms with E-state index in [0.29, 0.717) is 6.54 Å². The highest BCUT2D eigenvalue weighted by Gasteiger charge is 2.75. The average molecular weight is 345 g/mol. The monoisotopic (exact) mass is 345 g/mol. The number of rotatable bonds is 11. The molecule has 0 aliphatic rings. The molecule has 134 valence electrons. The van der Waals surface area contributed by atoms with E-state index in [1.807, 2.05) is 6.92 Å². The second kappa shape index (κ2) is 8.28. The van der Waals surface area contributed by atoms with Gasteiger partial charge in [0.1, 0.15) is 6.61 Å². The van der Waals surface area contributed by atoms with Gasteiger partial charge in [-0.05, 0) is 20.0 Å². The molecule has 0 aliphatic heterocycles. The van der Waals surface area contributed by atoms with Crippen molar-refractivity contribution in [1.82, 2.24) is 4.90 Å². The lowest BCUT2D eigenvalue weighted by Gasteiger charge is -2.32. The molecule has 0 spiro atoms. The molecule has 0 fully saturated rings. The molecule has 0 aromatic heterocycles. The van der Waals surface area contributed by atoms with Gasteiger partial charge < -0.3 is 9.64 Å². The number of likely N-dealkylation sites (N-methyl/N-ethyl adjacent to an activating group) is 1. The Hall–Kier alpha value is -0.640. The topological polar surface area (TPSA) is 12.5 Å². The van der Waals surface area contributed by atoms with Crippen LogP contribution in [0.3, 0.4) is 0 Å². The van der Waals surface area contributed by atoms with Gasteiger partial charge in [0.15, 0.2) is 0 Å². The second-order valence-corrected chi connectivity index (χ2v) is 4.91. The van der Waals surface area contributed by atoms with Gasteiger partial charge in [-0.1, -0.05) is 13.3 Å². The molecule has 0 heterocycles. The summed E-state index contributed by atoms with van der Waals surface area (Å²) in [5.74, 6) is -17.8. The number of halogens is 8. The number of unbranched alkanes of at least 4 members (excludes halogenated alkanes) is 1. The van der Waals surface area contributed by atoms with Crippen molar-refractivity contribution in [2.45, 2.75) is 44.0 Å². The number of nitrogens with zero attached hydrogens (tertiary/aromatic N) is 1. The first-order chi connectivity index (χ1) is 9.90. The van der Waals surface area contributed by atoms with E-state index in [-0.39, 0.29) is 6.54 Å². The van der Waals surface area contributed by atoms with E-state index in [2.05, 4.69) is 4.74 Å². The van der Waals surface area contributed by atoms with Crippen LogP contribution < -0.4 is 0 Å². The molecule has 0 unspecified atom stereocenters. The van der Waals surface area contributed by atoms with Crippen molar-refractivity contribution in [3.8, 4) is 0 Å². The Kier molecular flexibility index (Phi) is 8.04. The van der Waals surface area contributed by atoms with E-state index in [4.69, 9.17) is 0 Å². The van der Waals surface area contributed by atoms with Gasteiger partial charge in [-0.25, -0.2) is 8.78 Å². The second-order valence-electron chi connectivity index (χ2n) is 4.91. The summed E-state index contributed by atoms with van der Waals surface area (Å²) in [4.78, 5) is 1.67. The molecule has 0 aromatic carbocycles. The summed E-state index contributed by atoms with van der Waals surface area (Å²) in [5, 5.41) is 0. The number of hydrogen-bond acceptors (Lipinski definition) is 2. The maximum absolute atomic E-state index is 13.1. The molecule has 0 radical (unpaired) electrons. The Morgan fingerprint density at radius 1 is 1.00 bits per heavy atom. The summed E-state index contributed by atoms with van der Waals surface area (Å²) in [7, 11) is 1.64. The van der Waals surface area contributed by atoms with Gasteiger partial charge in [-0.3, -0.25) is 0 Å². The molecule has 2 nitrogen and oxygen atoms in total. The smallest absolute Gasteiger partial charge is 0.374 e. The molecule has 10 heteroatoms. The van der Waals surface area contributed by atoms with Crippen molar-refractivity contribution < 1.29 is 39.9 Å².